The van der Waals surface area contributed by atoms with Gasteiger partial charge < -0.3 is 20.1 Å². The summed E-state index contributed by atoms with van der Waals surface area (Å²) < 4.78 is 5.43. The smallest absolute Gasteiger partial charge is 0.0487 e. The van der Waals surface area contributed by atoms with Crippen molar-refractivity contribution in [1.29, 1.82) is 0 Å². The number of alkyl halides is 1. The number of ether oxygens (including phenoxy) is 1. The van der Waals surface area contributed by atoms with Crippen molar-refractivity contribution in [2.75, 3.05) is 38.4 Å². The highest BCUT2D eigenvalue weighted by atomic mass is 79.9. The maximum atomic E-state index is 8.63. The predicted molar refractivity (Wildman–Crippen MR) is 214 cm³/mol. The summed E-state index contributed by atoms with van der Waals surface area (Å²) in [6.45, 7) is 6.61. The molecule has 0 aromatic heterocycles. The molecule has 0 amide bonds. The molecule has 4 nitrogen and oxygen atoms in total. The highest BCUT2D eigenvalue weighted by Crippen LogP contribution is 2.15. The van der Waals surface area contributed by atoms with Crippen LogP contribution in [0.1, 0.15) is 232 Å². The lowest BCUT2D eigenvalue weighted by Crippen LogP contribution is -1.98. The summed E-state index contributed by atoms with van der Waals surface area (Å²) in [5.41, 5.74) is 0. The molecule has 0 heterocycles. The summed E-state index contributed by atoms with van der Waals surface area (Å²) >= 11 is 3.49. The largest absolute Gasteiger partial charge is 0.396 e. The Balaban J connectivity index is -0.000000728. The maximum absolute atomic E-state index is 8.63. The van der Waals surface area contributed by atoms with Gasteiger partial charge in [0.25, 0.3) is 0 Å². The van der Waals surface area contributed by atoms with Gasteiger partial charge in [0, 0.05) is 38.4 Å². The van der Waals surface area contributed by atoms with Gasteiger partial charge in [-0.25, -0.2) is 0 Å². The topological polar surface area (TPSA) is 69.9 Å². The van der Waals surface area contributed by atoms with Gasteiger partial charge in [0.1, 0.15) is 0 Å². The molecule has 0 aliphatic heterocycles. The third-order valence-electron chi connectivity index (χ3n) is 8.89. The summed E-state index contributed by atoms with van der Waals surface area (Å²) in [7, 11) is 0. The van der Waals surface area contributed by atoms with Crippen LogP contribution in [0.2, 0.25) is 0 Å². The second-order valence-corrected chi connectivity index (χ2v) is 14.6. The molecule has 0 aromatic rings. The first-order valence-electron chi connectivity index (χ1n) is 21.2. The van der Waals surface area contributed by atoms with E-state index in [1.165, 1.54) is 211 Å². The molecule has 0 atom stereocenters. The van der Waals surface area contributed by atoms with Crippen molar-refractivity contribution in [2.45, 2.75) is 232 Å². The van der Waals surface area contributed by atoms with Crippen LogP contribution in [0.5, 0.6) is 0 Å². The lowest BCUT2D eigenvalue weighted by Gasteiger charge is -2.04. The van der Waals surface area contributed by atoms with Crippen LogP contribution in [-0.4, -0.2) is 53.7 Å². The number of aliphatic hydroxyl groups excluding tert-OH is 3. The quantitative estimate of drug-likeness (QED) is 0.0436. The van der Waals surface area contributed by atoms with Crippen molar-refractivity contribution in [3.05, 3.63) is 0 Å². The first kappa shape index (κ1) is 51.7. The molecule has 0 saturated carbocycles. The Morgan fingerprint density at radius 2 is 0.532 bits per heavy atom. The molecule has 0 rings (SSSR count). The number of aliphatic hydroxyl groups is 3. The summed E-state index contributed by atoms with van der Waals surface area (Å²) in [4.78, 5) is 0. The fourth-order valence-corrected chi connectivity index (χ4v) is 6.13. The molecule has 0 aliphatic carbocycles. The lowest BCUT2D eigenvalue weighted by molar-refractivity contribution is 0.112. The van der Waals surface area contributed by atoms with E-state index in [0.717, 1.165) is 19.6 Å². The van der Waals surface area contributed by atoms with E-state index >= 15 is 0 Å². The average Bonchev–Trinajstić information content (AvgIpc) is 3.08. The van der Waals surface area contributed by atoms with E-state index in [2.05, 4.69) is 29.8 Å². The van der Waals surface area contributed by atoms with Gasteiger partial charge in [-0.2, -0.15) is 0 Å². The molecule has 3 N–H and O–H groups in total. The van der Waals surface area contributed by atoms with Crippen LogP contribution < -0.4 is 0 Å². The standard InChI is InChI=1S/C21H44O2.C18H37Br.C3H8O2/c1-2-3-4-5-6-7-8-9-10-11-12-13-14-15-16-17-20-23-21-18-19-22;1-2-3-4-5-6-7-8-9-10-11-12-13-14-15-16-17-18-19;4-2-1-3-5/h22H,2-21H2,1H3;2-18H2,1H3;4-5H,1-3H2. The van der Waals surface area contributed by atoms with Gasteiger partial charge in [-0.1, -0.05) is 222 Å². The van der Waals surface area contributed by atoms with E-state index in [9.17, 15) is 0 Å². The van der Waals surface area contributed by atoms with E-state index < -0.39 is 0 Å². The minimum absolute atomic E-state index is 0.0938. The Labute approximate surface area is 305 Å². The second kappa shape index (κ2) is 55.7. The van der Waals surface area contributed by atoms with Gasteiger partial charge in [-0.3, -0.25) is 0 Å². The fraction of sp³-hybridized carbons (Fsp3) is 1.00. The number of halogens is 1. The van der Waals surface area contributed by atoms with Crippen LogP contribution in [0, 0.1) is 0 Å². The number of rotatable bonds is 38. The molecule has 47 heavy (non-hydrogen) atoms. The van der Waals surface area contributed by atoms with Crippen LogP contribution in [0.4, 0.5) is 0 Å². The Morgan fingerprint density at radius 1 is 0.298 bits per heavy atom. The van der Waals surface area contributed by atoms with Gasteiger partial charge in [0.05, 0.1) is 0 Å². The van der Waals surface area contributed by atoms with E-state index in [1.54, 1.807) is 0 Å². The van der Waals surface area contributed by atoms with Crippen LogP contribution in [0.15, 0.2) is 0 Å². The fourth-order valence-electron chi connectivity index (χ4n) is 5.73. The molecule has 0 aromatic carbocycles. The normalized spacial score (nSPS) is 10.9. The summed E-state index contributed by atoms with van der Waals surface area (Å²) in [5, 5.41) is 25.6. The highest BCUT2D eigenvalue weighted by Gasteiger charge is 1.96. The van der Waals surface area contributed by atoms with Crippen molar-refractivity contribution >= 4 is 15.9 Å². The summed E-state index contributed by atoms with van der Waals surface area (Å²) in [6, 6.07) is 0. The monoisotopic (exact) mass is 737 g/mol. The van der Waals surface area contributed by atoms with Gasteiger partial charge in [0.2, 0.25) is 0 Å². The van der Waals surface area contributed by atoms with Crippen LogP contribution in [0.3, 0.4) is 0 Å². The van der Waals surface area contributed by atoms with Crippen LogP contribution in [0.25, 0.3) is 0 Å². The first-order chi connectivity index (χ1) is 23.2. The Bertz CT molecular complexity index is 428. The van der Waals surface area contributed by atoms with Gasteiger partial charge in [0.15, 0.2) is 0 Å². The Morgan fingerprint density at radius 3 is 0.766 bits per heavy atom. The van der Waals surface area contributed by atoms with Gasteiger partial charge >= 0.3 is 0 Å². The van der Waals surface area contributed by atoms with E-state index in [4.69, 9.17) is 20.1 Å². The second-order valence-electron chi connectivity index (χ2n) is 13.8. The Hall–Kier alpha value is 0.320. The molecule has 0 bridgehead atoms. The minimum Gasteiger partial charge on any atom is -0.396 e. The third kappa shape index (κ3) is 62.0. The van der Waals surface area contributed by atoms with E-state index in [-0.39, 0.29) is 19.8 Å². The molecule has 0 saturated heterocycles. The minimum atomic E-state index is 0.0938. The summed E-state index contributed by atoms with van der Waals surface area (Å²) in [6.07, 6.45) is 47.1. The number of unbranched alkanes of at least 4 members (excludes halogenated alkanes) is 30. The molecule has 288 valence electrons. The number of hydrogen-bond donors (Lipinski definition) is 3. The molecule has 5 heteroatoms. The van der Waals surface area contributed by atoms with Gasteiger partial charge in [-0.15, -0.1) is 0 Å². The number of hydrogen-bond acceptors (Lipinski definition) is 4. The maximum Gasteiger partial charge on any atom is 0.0487 e. The SMILES string of the molecule is CCCCCCCCCCCCCCCCCCBr.CCCCCCCCCCCCCCCCCCOCCCO.OCCCO. The van der Waals surface area contributed by atoms with Crippen molar-refractivity contribution in [1.82, 2.24) is 0 Å². The molecular formula is C42H89BrO4. The lowest BCUT2D eigenvalue weighted by atomic mass is 10.0. The van der Waals surface area contributed by atoms with Crippen LogP contribution >= 0.6 is 15.9 Å². The zero-order valence-electron chi connectivity index (χ0n) is 32.4. The molecular weight excluding hydrogens is 648 g/mol. The summed E-state index contributed by atoms with van der Waals surface area (Å²) in [5.74, 6) is 0. The molecule has 0 unspecified atom stereocenters. The van der Waals surface area contributed by atoms with Crippen molar-refractivity contribution in [3.8, 4) is 0 Å². The van der Waals surface area contributed by atoms with Crippen molar-refractivity contribution < 1.29 is 20.1 Å². The van der Waals surface area contributed by atoms with Crippen molar-refractivity contribution in [2.24, 2.45) is 0 Å². The van der Waals surface area contributed by atoms with E-state index in [0.29, 0.717) is 6.42 Å². The highest BCUT2D eigenvalue weighted by molar-refractivity contribution is 9.09. The van der Waals surface area contributed by atoms with Gasteiger partial charge in [-0.05, 0) is 25.7 Å². The zero-order valence-corrected chi connectivity index (χ0v) is 34.0. The average molecular weight is 738 g/mol. The molecule has 0 spiro atoms. The third-order valence-corrected chi connectivity index (χ3v) is 9.45. The Kier molecular flexibility index (Phi) is 61.3. The van der Waals surface area contributed by atoms with Crippen molar-refractivity contribution in [3.63, 3.8) is 0 Å². The van der Waals surface area contributed by atoms with Crippen LogP contribution in [-0.2, 0) is 4.74 Å². The van der Waals surface area contributed by atoms with E-state index in [1.807, 2.05) is 0 Å². The zero-order chi connectivity index (χ0) is 35.0. The molecule has 0 aliphatic rings. The predicted octanol–water partition coefficient (Wildman–Crippen LogP) is 13.7. The molecule has 0 fully saturated rings. The first-order valence-corrected chi connectivity index (χ1v) is 22.3. The molecule has 0 radical (unpaired) electrons.